The third-order valence-electron chi connectivity index (χ3n) is 3.10. The lowest BCUT2D eigenvalue weighted by atomic mass is 10.2. The molecule has 4 nitrogen and oxygen atoms in total. The first-order valence-electron chi connectivity index (χ1n) is 5.78. The maximum Gasteiger partial charge on any atom is 0.169 e. The Morgan fingerprint density at radius 1 is 1.44 bits per heavy atom. The van der Waals surface area contributed by atoms with Gasteiger partial charge in [0.1, 0.15) is 5.82 Å². The Hall–Kier alpha value is -1.43. The molecule has 1 heterocycles. The van der Waals surface area contributed by atoms with E-state index in [1.807, 2.05) is 6.07 Å². The van der Waals surface area contributed by atoms with Gasteiger partial charge in [-0.1, -0.05) is 27.2 Å². The van der Waals surface area contributed by atoms with Crippen LogP contribution >= 0.6 is 15.9 Å². The molecule has 0 atom stereocenters. The number of anilines is 1. The molecule has 0 saturated heterocycles. The topological polar surface area (TPSA) is 56.7 Å². The predicted molar refractivity (Wildman–Crippen MR) is 69.6 cm³/mol. The summed E-state index contributed by atoms with van der Waals surface area (Å²) in [6.45, 7) is 0.370. The summed E-state index contributed by atoms with van der Waals surface area (Å²) in [6.07, 6.45) is 2.22. The number of nitrogens with zero attached hydrogens (tertiary/aromatic N) is 3. The Kier molecular flexibility index (Phi) is 2.81. The highest BCUT2D eigenvalue weighted by atomic mass is 79.9. The van der Waals surface area contributed by atoms with E-state index in [9.17, 15) is 4.39 Å². The molecular formula is C12H12BrFN4. The van der Waals surface area contributed by atoms with Crippen molar-refractivity contribution in [3.8, 4) is 0 Å². The molecule has 18 heavy (non-hydrogen) atoms. The quantitative estimate of drug-likeness (QED) is 0.948. The van der Waals surface area contributed by atoms with Crippen molar-refractivity contribution >= 4 is 21.7 Å². The van der Waals surface area contributed by atoms with Crippen LogP contribution in [0.4, 0.5) is 10.2 Å². The summed E-state index contributed by atoms with van der Waals surface area (Å²) in [5.41, 5.74) is 7.33. The molecule has 1 aliphatic carbocycles. The molecule has 0 radical (unpaired) electrons. The zero-order valence-corrected chi connectivity index (χ0v) is 11.2. The number of benzene rings is 1. The molecule has 1 saturated carbocycles. The van der Waals surface area contributed by atoms with E-state index in [1.165, 1.54) is 6.07 Å². The van der Waals surface area contributed by atoms with Gasteiger partial charge in [-0.2, -0.15) is 0 Å². The molecule has 2 aromatic rings. The first-order chi connectivity index (χ1) is 8.65. The van der Waals surface area contributed by atoms with Crippen molar-refractivity contribution < 1.29 is 4.39 Å². The molecule has 94 valence electrons. The van der Waals surface area contributed by atoms with Crippen molar-refractivity contribution in [1.82, 2.24) is 15.0 Å². The lowest BCUT2D eigenvalue weighted by Gasteiger charge is -2.07. The van der Waals surface area contributed by atoms with Gasteiger partial charge in [0, 0.05) is 16.0 Å². The fourth-order valence-corrected chi connectivity index (χ4v) is 2.37. The average molecular weight is 311 g/mol. The molecule has 0 unspecified atom stereocenters. The summed E-state index contributed by atoms with van der Waals surface area (Å²) >= 11 is 3.24. The van der Waals surface area contributed by atoms with Gasteiger partial charge in [0.05, 0.1) is 12.2 Å². The van der Waals surface area contributed by atoms with Crippen LogP contribution in [0, 0.1) is 5.82 Å². The minimum absolute atomic E-state index is 0.250. The van der Waals surface area contributed by atoms with E-state index >= 15 is 0 Å². The molecule has 2 N–H and O–H groups in total. The molecule has 1 aromatic heterocycles. The maximum atomic E-state index is 13.8. The summed E-state index contributed by atoms with van der Waals surface area (Å²) in [7, 11) is 0. The Balaban J connectivity index is 1.92. The number of rotatable bonds is 3. The van der Waals surface area contributed by atoms with Crippen molar-refractivity contribution in [2.45, 2.75) is 25.3 Å². The fraction of sp³-hybridized carbons (Fsp3) is 0.333. The predicted octanol–water partition coefficient (Wildman–Crippen LogP) is 2.69. The van der Waals surface area contributed by atoms with Gasteiger partial charge >= 0.3 is 0 Å². The van der Waals surface area contributed by atoms with Crippen LogP contribution in [0.2, 0.25) is 0 Å². The van der Waals surface area contributed by atoms with Gasteiger partial charge in [-0.15, -0.1) is 5.10 Å². The molecule has 1 aliphatic rings. The molecule has 0 amide bonds. The summed E-state index contributed by atoms with van der Waals surface area (Å²) < 4.78 is 16.2. The second-order valence-corrected chi connectivity index (χ2v) is 5.44. The van der Waals surface area contributed by atoms with Crippen LogP contribution in [-0.2, 0) is 6.54 Å². The summed E-state index contributed by atoms with van der Waals surface area (Å²) in [6, 6.07) is 5.01. The Bertz CT molecular complexity index is 592. The first-order valence-corrected chi connectivity index (χ1v) is 6.57. The van der Waals surface area contributed by atoms with E-state index in [1.54, 1.807) is 10.7 Å². The molecular weight excluding hydrogens is 299 g/mol. The molecule has 6 heteroatoms. The van der Waals surface area contributed by atoms with E-state index in [-0.39, 0.29) is 5.82 Å². The number of hydrogen-bond acceptors (Lipinski definition) is 3. The highest BCUT2D eigenvalue weighted by Crippen LogP contribution is 2.42. The molecule has 1 fully saturated rings. The zero-order valence-electron chi connectivity index (χ0n) is 9.61. The summed E-state index contributed by atoms with van der Waals surface area (Å²) in [4.78, 5) is 0. The highest BCUT2D eigenvalue weighted by Gasteiger charge is 2.30. The maximum absolute atomic E-state index is 13.8. The van der Waals surface area contributed by atoms with Crippen LogP contribution in [0.5, 0.6) is 0 Å². The summed E-state index contributed by atoms with van der Waals surface area (Å²) in [5, 5.41) is 7.88. The van der Waals surface area contributed by atoms with Gasteiger partial charge in [-0.3, -0.25) is 0 Å². The van der Waals surface area contributed by atoms with E-state index in [4.69, 9.17) is 5.73 Å². The molecule has 0 spiro atoms. The third-order valence-corrected chi connectivity index (χ3v) is 3.59. The van der Waals surface area contributed by atoms with E-state index < -0.39 is 0 Å². The Labute approximate surface area is 112 Å². The van der Waals surface area contributed by atoms with Crippen LogP contribution in [0.1, 0.15) is 30.0 Å². The lowest BCUT2D eigenvalue weighted by molar-refractivity contribution is 0.565. The van der Waals surface area contributed by atoms with E-state index in [2.05, 4.69) is 26.2 Å². The second-order valence-electron chi connectivity index (χ2n) is 4.53. The van der Waals surface area contributed by atoms with Crippen LogP contribution in [0.15, 0.2) is 22.7 Å². The van der Waals surface area contributed by atoms with Crippen molar-refractivity contribution in [1.29, 1.82) is 0 Å². The van der Waals surface area contributed by atoms with Crippen molar-refractivity contribution in [3.63, 3.8) is 0 Å². The number of halogens is 2. The first kappa shape index (κ1) is 11.6. The minimum Gasteiger partial charge on any atom is -0.381 e. The van der Waals surface area contributed by atoms with Crippen molar-refractivity contribution in [3.05, 3.63) is 39.7 Å². The summed E-state index contributed by atoms with van der Waals surface area (Å²) in [5.74, 6) is 0.661. The van der Waals surface area contributed by atoms with Gasteiger partial charge in [-0.05, 0) is 25.0 Å². The van der Waals surface area contributed by atoms with Gasteiger partial charge in [0.15, 0.2) is 5.82 Å². The molecule has 3 rings (SSSR count). The number of nitrogens with two attached hydrogens (primary N) is 1. The fourth-order valence-electron chi connectivity index (χ4n) is 2.04. The standard InChI is InChI=1S/C12H12BrFN4/c13-9-4-3-8(10(14)5-9)6-18-11(7-1-2-7)12(15)16-17-18/h3-5,7H,1-2,6,15H2. The smallest absolute Gasteiger partial charge is 0.169 e. The Morgan fingerprint density at radius 3 is 2.89 bits per heavy atom. The molecule has 1 aromatic carbocycles. The van der Waals surface area contributed by atoms with Gasteiger partial charge in [-0.25, -0.2) is 9.07 Å². The second kappa shape index (κ2) is 4.35. The van der Waals surface area contributed by atoms with Gasteiger partial charge in [0.2, 0.25) is 0 Å². The Morgan fingerprint density at radius 2 is 2.22 bits per heavy atom. The lowest BCUT2D eigenvalue weighted by Crippen LogP contribution is -2.08. The van der Waals surface area contributed by atoms with E-state index in [0.717, 1.165) is 23.0 Å². The van der Waals surface area contributed by atoms with Gasteiger partial charge in [0.25, 0.3) is 0 Å². The minimum atomic E-state index is -0.250. The number of hydrogen-bond donors (Lipinski definition) is 1. The average Bonchev–Trinajstić information content (AvgIpc) is 3.08. The van der Waals surface area contributed by atoms with Gasteiger partial charge < -0.3 is 5.73 Å². The normalized spacial score (nSPS) is 15.0. The third kappa shape index (κ3) is 2.12. The van der Waals surface area contributed by atoms with Crippen LogP contribution < -0.4 is 5.73 Å². The number of aromatic nitrogens is 3. The monoisotopic (exact) mass is 310 g/mol. The van der Waals surface area contributed by atoms with Crippen molar-refractivity contribution in [2.24, 2.45) is 0 Å². The van der Waals surface area contributed by atoms with Crippen LogP contribution in [0.3, 0.4) is 0 Å². The van der Waals surface area contributed by atoms with Crippen LogP contribution in [-0.4, -0.2) is 15.0 Å². The van der Waals surface area contributed by atoms with Crippen LogP contribution in [0.25, 0.3) is 0 Å². The number of nitrogen functional groups attached to an aromatic ring is 1. The van der Waals surface area contributed by atoms with E-state index in [0.29, 0.717) is 23.8 Å². The largest absolute Gasteiger partial charge is 0.381 e. The molecule has 0 aliphatic heterocycles. The zero-order chi connectivity index (χ0) is 12.7. The van der Waals surface area contributed by atoms with Crippen molar-refractivity contribution in [2.75, 3.05) is 5.73 Å². The SMILES string of the molecule is Nc1nnn(Cc2ccc(Br)cc2F)c1C1CC1. The highest BCUT2D eigenvalue weighted by molar-refractivity contribution is 9.10. The molecule has 0 bridgehead atoms.